The van der Waals surface area contributed by atoms with Gasteiger partial charge in [0.1, 0.15) is 17.2 Å². The van der Waals surface area contributed by atoms with E-state index >= 15 is 0 Å². The van der Waals surface area contributed by atoms with Gasteiger partial charge in [0.2, 0.25) is 5.43 Å². The van der Waals surface area contributed by atoms with E-state index in [2.05, 4.69) is 25.2 Å². The van der Waals surface area contributed by atoms with Gasteiger partial charge in [-0.15, -0.1) is 0 Å². The number of piperidine rings is 1. The van der Waals surface area contributed by atoms with Gasteiger partial charge in [-0.05, 0) is 42.7 Å². The molecule has 1 atom stereocenters. The normalized spacial score (nSPS) is 18.2. The molecule has 2 aromatic rings. The van der Waals surface area contributed by atoms with Crippen LogP contribution in [0.2, 0.25) is 0 Å². The number of carbonyl (C=O) groups is 2. The zero-order valence-corrected chi connectivity index (χ0v) is 19.5. The van der Waals surface area contributed by atoms with E-state index in [0.717, 1.165) is 31.2 Å². The Kier molecular flexibility index (Phi) is 7.28. The van der Waals surface area contributed by atoms with Crippen LogP contribution in [0.5, 0.6) is 0 Å². The first-order valence-electron chi connectivity index (χ1n) is 11.9. The lowest BCUT2D eigenvalue weighted by Gasteiger charge is -2.27. The van der Waals surface area contributed by atoms with Crippen molar-refractivity contribution in [3.05, 3.63) is 69.1 Å². The molecule has 0 saturated carbocycles. The molecule has 1 aromatic heterocycles. The van der Waals surface area contributed by atoms with Gasteiger partial charge in [0.25, 0.3) is 11.8 Å². The number of nitrogens with zero attached hydrogens (tertiary/aromatic N) is 2. The van der Waals surface area contributed by atoms with Crippen molar-refractivity contribution in [1.29, 1.82) is 0 Å². The van der Waals surface area contributed by atoms with Gasteiger partial charge in [0, 0.05) is 38.6 Å². The maximum Gasteiger partial charge on any atom is 0.259 e. The number of hydrogen-bond donors (Lipinski definition) is 1. The lowest BCUT2D eigenvalue weighted by molar-refractivity contribution is 0.0411. The molecule has 0 radical (unpaired) electrons. The second-order valence-electron chi connectivity index (χ2n) is 9.38. The van der Waals surface area contributed by atoms with Crippen molar-refractivity contribution >= 4 is 11.8 Å². The number of pyridine rings is 1. The Morgan fingerprint density at radius 1 is 1.09 bits per heavy atom. The van der Waals surface area contributed by atoms with Crippen molar-refractivity contribution in [3.8, 4) is 0 Å². The summed E-state index contributed by atoms with van der Waals surface area (Å²) in [6, 6.07) is 8.05. The van der Waals surface area contributed by atoms with Gasteiger partial charge in [-0.1, -0.05) is 38.1 Å². The molecule has 0 aliphatic carbocycles. The molecule has 1 fully saturated rings. The molecule has 7 heteroatoms. The Morgan fingerprint density at radius 3 is 2.58 bits per heavy atom. The van der Waals surface area contributed by atoms with Crippen LogP contribution in [0.25, 0.3) is 0 Å². The van der Waals surface area contributed by atoms with Gasteiger partial charge in [-0.2, -0.15) is 0 Å². The summed E-state index contributed by atoms with van der Waals surface area (Å²) in [5, 5.41) is 2.87. The van der Waals surface area contributed by atoms with Crippen LogP contribution < -0.4 is 10.7 Å². The number of fused-ring (bicyclic) bond motifs is 1. The Balaban J connectivity index is 1.57. The molecule has 2 aliphatic heterocycles. The van der Waals surface area contributed by atoms with Crippen molar-refractivity contribution in [1.82, 2.24) is 14.8 Å². The average molecular weight is 452 g/mol. The van der Waals surface area contributed by atoms with Crippen LogP contribution in [-0.2, 0) is 17.7 Å². The van der Waals surface area contributed by atoms with Gasteiger partial charge in [-0.3, -0.25) is 14.4 Å². The molecule has 0 unspecified atom stereocenters. The molecule has 1 aromatic carbocycles. The zero-order chi connectivity index (χ0) is 23.4. The second-order valence-corrected chi connectivity index (χ2v) is 9.38. The fourth-order valence-corrected chi connectivity index (χ4v) is 4.67. The summed E-state index contributed by atoms with van der Waals surface area (Å²) in [7, 11) is 0. The molecule has 33 heavy (non-hydrogen) atoms. The van der Waals surface area contributed by atoms with Crippen LogP contribution in [0.4, 0.5) is 0 Å². The first-order valence-corrected chi connectivity index (χ1v) is 11.9. The largest absolute Gasteiger partial charge is 0.371 e. The van der Waals surface area contributed by atoms with Gasteiger partial charge < -0.3 is 19.5 Å². The van der Waals surface area contributed by atoms with Crippen molar-refractivity contribution < 1.29 is 14.3 Å². The Bertz CT molecular complexity index is 1070. The molecule has 4 rings (SSSR count). The van der Waals surface area contributed by atoms with Crippen LogP contribution in [-0.4, -0.2) is 47.5 Å². The minimum Gasteiger partial charge on any atom is -0.371 e. The number of aromatic nitrogens is 1. The topological polar surface area (TPSA) is 80.6 Å². The van der Waals surface area contributed by atoms with E-state index in [1.807, 2.05) is 18.2 Å². The van der Waals surface area contributed by atoms with E-state index < -0.39 is 11.3 Å². The zero-order valence-electron chi connectivity index (χ0n) is 19.5. The lowest BCUT2D eigenvalue weighted by Crippen LogP contribution is -2.41. The van der Waals surface area contributed by atoms with Crippen molar-refractivity contribution in [2.24, 2.45) is 5.92 Å². The molecule has 2 aliphatic rings. The highest BCUT2D eigenvalue weighted by molar-refractivity contribution is 5.99. The van der Waals surface area contributed by atoms with Gasteiger partial charge in [0.15, 0.2) is 0 Å². The number of benzene rings is 1. The lowest BCUT2D eigenvalue weighted by atomic mass is 9.97. The second kappa shape index (κ2) is 10.3. The Labute approximate surface area is 194 Å². The summed E-state index contributed by atoms with van der Waals surface area (Å²) in [5.74, 6) is -0.456. The molecular weight excluding hydrogens is 418 g/mol. The van der Waals surface area contributed by atoms with Crippen molar-refractivity contribution in [3.63, 3.8) is 0 Å². The third-order valence-corrected chi connectivity index (χ3v) is 6.31. The van der Waals surface area contributed by atoms with E-state index in [1.165, 1.54) is 5.56 Å². The molecule has 0 spiro atoms. The summed E-state index contributed by atoms with van der Waals surface area (Å²) < 4.78 is 7.68. The smallest absolute Gasteiger partial charge is 0.259 e. The van der Waals surface area contributed by atoms with Crippen LogP contribution in [0, 0.1) is 5.92 Å². The Morgan fingerprint density at radius 2 is 1.82 bits per heavy atom. The molecular formula is C26H33N3O4. The van der Waals surface area contributed by atoms with E-state index in [4.69, 9.17) is 4.74 Å². The molecule has 0 bridgehead atoms. The molecule has 2 amide bonds. The summed E-state index contributed by atoms with van der Waals surface area (Å²) in [4.78, 5) is 41.2. The highest BCUT2D eigenvalue weighted by Crippen LogP contribution is 2.26. The number of ether oxygens (including phenoxy) is 1. The third kappa shape index (κ3) is 5.36. The Hall–Kier alpha value is -2.93. The average Bonchev–Trinajstić information content (AvgIpc) is 2.83. The van der Waals surface area contributed by atoms with E-state index in [1.54, 1.807) is 21.9 Å². The fraction of sp³-hybridized carbons (Fsp3) is 0.500. The highest BCUT2D eigenvalue weighted by Gasteiger charge is 2.26. The predicted octanol–water partition coefficient (Wildman–Crippen LogP) is 3.17. The van der Waals surface area contributed by atoms with E-state index in [0.29, 0.717) is 32.2 Å². The number of carbonyl (C=O) groups excluding carboxylic acids is 2. The SMILES string of the molecule is CC(C)Cn1cc(C(=O)NC[C@@H]2OCCc3ccccc32)c(=O)c(C(=O)N2CCCCC2)c1. The molecule has 1 saturated heterocycles. The minimum absolute atomic E-state index is 0.00241. The summed E-state index contributed by atoms with van der Waals surface area (Å²) >= 11 is 0. The number of amides is 2. The van der Waals surface area contributed by atoms with Gasteiger partial charge in [0.05, 0.1) is 6.61 Å². The van der Waals surface area contributed by atoms with Crippen LogP contribution in [0.1, 0.15) is 71.1 Å². The summed E-state index contributed by atoms with van der Waals surface area (Å²) in [5.41, 5.74) is 1.85. The number of rotatable bonds is 6. The third-order valence-electron chi connectivity index (χ3n) is 6.31. The van der Waals surface area contributed by atoms with Crippen molar-refractivity contribution in [2.45, 2.75) is 52.2 Å². The number of hydrogen-bond acceptors (Lipinski definition) is 4. The minimum atomic E-state index is -0.506. The van der Waals surface area contributed by atoms with Crippen LogP contribution in [0.15, 0.2) is 41.5 Å². The highest BCUT2D eigenvalue weighted by atomic mass is 16.5. The fourth-order valence-electron chi connectivity index (χ4n) is 4.67. The summed E-state index contributed by atoms with van der Waals surface area (Å²) in [6.07, 6.45) is 6.74. The molecule has 1 N–H and O–H groups in total. The standard InChI is InChI=1S/C26H33N3O4/c1-18(2)15-28-16-21(24(30)22(17-28)26(32)29-11-6-3-7-12-29)25(31)27-14-23-20-9-5-4-8-19(20)10-13-33-23/h4-5,8-9,16-18,23H,3,6-7,10-15H2,1-2H3,(H,27,31)/t23-/m0/s1. The summed E-state index contributed by atoms with van der Waals surface area (Å²) in [6.45, 7) is 6.89. The molecule has 7 nitrogen and oxygen atoms in total. The maximum absolute atomic E-state index is 13.2. The van der Waals surface area contributed by atoms with Crippen molar-refractivity contribution in [2.75, 3.05) is 26.2 Å². The maximum atomic E-state index is 13.2. The van der Waals surface area contributed by atoms with E-state index in [-0.39, 0.29) is 29.7 Å². The molecule has 3 heterocycles. The predicted molar refractivity (Wildman–Crippen MR) is 126 cm³/mol. The number of nitrogens with one attached hydrogen (secondary N) is 1. The number of likely N-dealkylation sites (tertiary alicyclic amines) is 1. The van der Waals surface area contributed by atoms with Crippen LogP contribution >= 0.6 is 0 Å². The molecule has 176 valence electrons. The van der Waals surface area contributed by atoms with Gasteiger partial charge in [-0.25, -0.2) is 0 Å². The van der Waals surface area contributed by atoms with E-state index in [9.17, 15) is 14.4 Å². The van der Waals surface area contributed by atoms with Gasteiger partial charge >= 0.3 is 0 Å². The first kappa shape index (κ1) is 23.2. The monoisotopic (exact) mass is 451 g/mol. The van der Waals surface area contributed by atoms with Crippen LogP contribution in [0.3, 0.4) is 0 Å². The quantitative estimate of drug-likeness (QED) is 0.732. The first-order chi connectivity index (χ1) is 15.9.